The quantitative estimate of drug-likeness (QED) is 0.895. The fourth-order valence-electron chi connectivity index (χ4n) is 3.37. The van der Waals surface area contributed by atoms with E-state index in [4.69, 9.17) is 0 Å². The van der Waals surface area contributed by atoms with Crippen molar-refractivity contribution in [3.8, 4) is 0 Å². The lowest BCUT2D eigenvalue weighted by atomic mass is 10.1. The molecule has 3 rings (SSSR count). The highest BCUT2D eigenvalue weighted by Crippen LogP contribution is 2.19. The monoisotopic (exact) mass is 355 g/mol. The molecule has 0 atom stereocenters. The van der Waals surface area contributed by atoms with Crippen LogP contribution in [-0.2, 0) is 11.3 Å². The summed E-state index contributed by atoms with van der Waals surface area (Å²) in [5, 5.41) is 3.04. The second kappa shape index (κ2) is 8.43. The molecule has 1 amide bonds. The molecule has 2 aromatic carbocycles. The van der Waals surface area contributed by atoms with Crippen molar-refractivity contribution in [3.63, 3.8) is 0 Å². The highest BCUT2D eigenvalue weighted by atomic mass is 19.1. The van der Waals surface area contributed by atoms with Crippen molar-refractivity contribution in [2.45, 2.75) is 20.4 Å². The van der Waals surface area contributed by atoms with E-state index in [2.05, 4.69) is 15.1 Å². The number of carbonyl (C=O) groups is 1. The first kappa shape index (κ1) is 18.5. The molecular weight excluding hydrogens is 329 g/mol. The number of rotatable bonds is 5. The van der Waals surface area contributed by atoms with Crippen molar-refractivity contribution in [2.75, 3.05) is 38.0 Å². The maximum Gasteiger partial charge on any atom is 0.238 e. The fraction of sp³-hybridized carbons (Fsp3) is 0.381. The van der Waals surface area contributed by atoms with E-state index in [1.807, 2.05) is 44.2 Å². The van der Waals surface area contributed by atoms with Gasteiger partial charge in [0.2, 0.25) is 5.91 Å². The van der Waals surface area contributed by atoms with Gasteiger partial charge in [-0.15, -0.1) is 0 Å². The van der Waals surface area contributed by atoms with Crippen LogP contribution in [0.1, 0.15) is 16.7 Å². The lowest BCUT2D eigenvalue weighted by molar-refractivity contribution is -0.117. The van der Waals surface area contributed by atoms with Gasteiger partial charge >= 0.3 is 0 Å². The molecule has 0 radical (unpaired) electrons. The molecule has 4 nitrogen and oxygen atoms in total. The van der Waals surface area contributed by atoms with Gasteiger partial charge in [0, 0.05) is 44.0 Å². The summed E-state index contributed by atoms with van der Waals surface area (Å²) in [5.74, 6) is -0.132. The Labute approximate surface area is 154 Å². The summed E-state index contributed by atoms with van der Waals surface area (Å²) in [6, 6.07) is 12.9. The van der Waals surface area contributed by atoms with Gasteiger partial charge in [-0.05, 0) is 31.0 Å². The lowest BCUT2D eigenvalue weighted by Gasteiger charge is -2.34. The van der Waals surface area contributed by atoms with E-state index in [0.717, 1.165) is 48.6 Å². The number of piperazine rings is 1. The second-order valence-corrected chi connectivity index (χ2v) is 6.96. The lowest BCUT2D eigenvalue weighted by Crippen LogP contribution is -2.48. The third-order valence-corrected chi connectivity index (χ3v) is 4.93. The first-order valence-electron chi connectivity index (χ1n) is 9.07. The molecule has 2 aromatic rings. The number of carbonyl (C=O) groups excluding carboxylic acids is 1. The minimum Gasteiger partial charge on any atom is -0.324 e. The summed E-state index contributed by atoms with van der Waals surface area (Å²) in [4.78, 5) is 16.8. The Morgan fingerprint density at radius 1 is 0.962 bits per heavy atom. The average Bonchev–Trinajstić information content (AvgIpc) is 2.62. The van der Waals surface area contributed by atoms with Gasteiger partial charge in [0.15, 0.2) is 0 Å². The van der Waals surface area contributed by atoms with Crippen LogP contribution in [0, 0.1) is 19.7 Å². The third kappa shape index (κ3) is 4.68. The molecule has 1 N–H and O–H groups in total. The molecule has 0 aromatic heterocycles. The minimum absolute atomic E-state index is 0.0185. The van der Waals surface area contributed by atoms with E-state index in [0.29, 0.717) is 13.1 Å². The minimum atomic E-state index is -0.150. The average molecular weight is 355 g/mol. The van der Waals surface area contributed by atoms with E-state index in [-0.39, 0.29) is 11.7 Å². The van der Waals surface area contributed by atoms with E-state index >= 15 is 0 Å². The smallest absolute Gasteiger partial charge is 0.238 e. The number of amides is 1. The van der Waals surface area contributed by atoms with Gasteiger partial charge in [-0.25, -0.2) is 4.39 Å². The van der Waals surface area contributed by atoms with Crippen molar-refractivity contribution in [2.24, 2.45) is 0 Å². The Kier molecular flexibility index (Phi) is 6.01. The molecule has 26 heavy (non-hydrogen) atoms. The molecule has 1 fully saturated rings. The van der Waals surface area contributed by atoms with Crippen LogP contribution < -0.4 is 5.32 Å². The Morgan fingerprint density at radius 3 is 2.23 bits per heavy atom. The van der Waals surface area contributed by atoms with Crippen LogP contribution >= 0.6 is 0 Å². The Morgan fingerprint density at radius 2 is 1.58 bits per heavy atom. The molecule has 1 aliphatic rings. The number of nitrogens with one attached hydrogen (secondary N) is 1. The number of hydrogen-bond acceptors (Lipinski definition) is 3. The largest absolute Gasteiger partial charge is 0.324 e. The number of halogens is 1. The maximum atomic E-state index is 13.8. The van der Waals surface area contributed by atoms with Gasteiger partial charge in [0.05, 0.1) is 6.54 Å². The van der Waals surface area contributed by atoms with Gasteiger partial charge in [-0.1, -0.05) is 36.4 Å². The Balaban J connectivity index is 1.48. The topological polar surface area (TPSA) is 35.6 Å². The van der Waals surface area contributed by atoms with Crippen LogP contribution in [0.5, 0.6) is 0 Å². The maximum absolute atomic E-state index is 13.8. The normalized spacial score (nSPS) is 15.8. The number of anilines is 1. The molecule has 138 valence electrons. The Bertz CT molecular complexity index is 749. The first-order valence-corrected chi connectivity index (χ1v) is 9.07. The van der Waals surface area contributed by atoms with Crippen LogP contribution in [0.3, 0.4) is 0 Å². The standard InChI is InChI=1S/C21H26FN3O/c1-16-6-5-7-17(2)21(16)23-20(26)15-25-12-10-24(11-13-25)14-18-8-3-4-9-19(18)22/h3-9H,10-15H2,1-2H3,(H,23,26). The SMILES string of the molecule is Cc1cccc(C)c1NC(=O)CN1CCN(Cc2ccccc2F)CC1. The number of aryl methyl sites for hydroxylation is 2. The zero-order valence-electron chi connectivity index (χ0n) is 15.5. The van der Waals surface area contributed by atoms with Gasteiger partial charge in [-0.3, -0.25) is 14.6 Å². The van der Waals surface area contributed by atoms with E-state index in [9.17, 15) is 9.18 Å². The van der Waals surface area contributed by atoms with Crippen LogP contribution in [0.25, 0.3) is 0 Å². The van der Waals surface area contributed by atoms with Crippen molar-refractivity contribution >= 4 is 11.6 Å². The van der Waals surface area contributed by atoms with Crippen molar-refractivity contribution in [1.29, 1.82) is 0 Å². The predicted molar refractivity (Wildman–Crippen MR) is 103 cm³/mol. The molecule has 0 bridgehead atoms. The van der Waals surface area contributed by atoms with Crippen LogP contribution in [-0.4, -0.2) is 48.4 Å². The molecule has 1 aliphatic heterocycles. The molecule has 0 spiro atoms. The summed E-state index contributed by atoms with van der Waals surface area (Å²) >= 11 is 0. The van der Waals surface area contributed by atoms with Gasteiger partial charge < -0.3 is 5.32 Å². The zero-order chi connectivity index (χ0) is 18.5. The molecule has 1 heterocycles. The zero-order valence-corrected chi connectivity index (χ0v) is 15.5. The van der Waals surface area contributed by atoms with Gasteiger partial charge in [-0.2, -0.15) is 0 Å². The van der Waals surface area contributed by atoms with Gasteiger partial charge in [0.25, 0.3) is 0 Å². The highest BCUT2D eigenvalue weighted by molar-refractivity contribution is 5.93. The number of hydrogen-bond donors (Lipinski definition) is 1. The summed E-state index contributed by atoms with van der Waals surface area (Å²) in [7, 11) is 0. The highest BCUT2D eigenvalue weighted by Gasteiger charge is 2.20. The molecule has 0 unspecified atom stereocenters. The molecule has 5 heteroatoms. The van der Waals surface area contributed by atoms with Crippen molar-refractivity contribution in [3.05, 3.63) is 65.0 Å². The second-order valence-electron chi connectivity index (χ2n) is 6.96. The van der Waals surface area contributed by atoms with Gasteiger partial charge in [0.1, 0.15) is 5.82 Å². The van der Waals surface area contributed by atoms with E-state index in [1.165, 1.54) is 6.07 Å². The molecular formula is C21H26FN3O. The van der Waals surface area contributed by atoms with Crippen molar-refractivity contribution in [1.82, 2.24) is 9.80 Å². The number of para-hydroxylation sites is 1. The summed E-state index contributed by atoms with van der Waals surface area (Å²) in [5.41, 5.74) is 3.80. The van der Waals surface area contributed by atoms with Crippen LogP contribution in [0.4, 0.5) is 10.1 Å². The number of benzene rings is 2. The van der Waals surface area contributed by atoms with Crippen molar-refractivity contribution < 1.29 is 9.18 Å². The molecule has 0 saturated carbocycles. The third-order valence-electron chi connectivity index (χ3n) is 4.93. The summed E-state index contributed by atoms with van der Waals surface area (Å²) in [6.07, 6.45) is 0. The molecule has 0 aliphatic carbocycles. The number of nitrogens with zero attached hydrogens (tertiary/aromatic N) is 2. The predicted octanol–water partition coefficient (Wildman–Crippen LogP) is 3.20. The Hall–Kier alpha value is -2.24. The summed E-state index contributed by atoms with van der Waals surface area (Å²) in [6.45, 7) is 8.32. The fourth-order valence-corrected chi connectivity index (χ4v) is 3.37. The van der Waals surface area contributed by atoms with E-state index < -0.39 is 0 Å². The van der Waals surface area contributed by atoms with Crippen LogP contribution in [0.2, 0.25) is 0 Å². The van der Waals surface area contributed by atoms with E-state index in [1.54, 1.807) is 6.07 Å². The van der Waals surface area contributed by atoms with Crippen LogP contribution in [0.15, 0.2) is 42.5 Å². The molecule has 1 saturated heterocycles. The summed E-state index contributed by atoms with van der Waals surface area (Å²) < 4.78 is 13.8. The first-order chi connectivity index (χ1) is 12.5.